The van der Waals surface area contributed by atoms with Crippen molar-refractivity contribution in [2.75, 3.05) is 39.4 Å². The second kappa shape index (κ2) is 6.76. The number of nitrogens with zero attached hydrogens (tertiary/aromatic N) is 2. The Kier molecular flexibility index (Phi) is 5.27. The second-order valence-corrected chi connectivity index (χ2v) is 6.58. The van der Waals surface area contributed by atoms with Crippen LogP contribution in [0.2, 0.25) is 0 Å². The quantitative estimate of drug-likeness (QED) is 0.585. The van der Waals surface area contributed by atoms with Gasteiger partial charge in [-0.1, -0.05) is 6.92 Å². The summed E-state index contributed by atoms with van der Waals surface area (Å²) in [6, 6.07) is 0.618. The summed E-state index contributed by atoms with van der Waals surface area (Å²) >= 11 is 0. The third-order valence-electron chi connectivity index (χ3n) is 4.23. The third-order valence-corrected chi connectivity index (χ3v) is 4.23. The molecule has 2 rings (SSSR count). The summed E-state index contributed by atoms with van der Waals surface area (Å²) in [5, 5.41) is 6.82. The highest BCUT2D eigenvalue weighted by molar-refractivity contribution is 5.80. The summed E-state index contributed by atoms with van der Waals surface area (Å²) in [5.74, 6) is 1.75. The van der Waals surface area contributed by atoms with E-state index in [1.807, 2.05) is 0 Å². The number of morpholine rings is 1. The molecule has 20 heavy (non-hydrogen) atoms. The molecule has 1 saturated carbocycles. The normalized spacial score (nSPS) is 30.1. The zero-order valence-corrected chi connectivity index (χ0v) is 13.4. The number of rotatable bonds is 5. The lowest BCUT2D eigenvalue weighted by Crippen LogP contribution is -2.53. The Hall–Kier alpha value is -0.810. The Balaban J connectivity index is 1.79. The van der Waals surface area contributed by atoms with Gasteiger partial charge in [-0.3, -0.25) is 9.89 Å². The highest BCUT2D eigenvalue weighted by atomic mass is 16.5. The van der Waals surface area contributed by atoms with Crippen LogP contribution in [0, 0.1) is 5.92 Å². The molecular weight excluding hydrogens is 252 g/mol. The van der Waals surface area contributed by atoms with Crippen LogP contribution in [-0.2, 0) is 4.74 Å². The van der Waals surface area contributed by atoms with E-state index in [1.54, 1.807) is 0 Å². The fraction of sp³-hybridized carbons (Fsp3) is 0.933. The molecule has 2 N–H and O–H groups in total. The molecule has 2 fully saturated rings. The van der Waals surface area contributed by atoms with Gasteiger partial charge in [0.25, 0.3) is 0 Å². The highest BCUT2D eigenvalue weighted by Gasteiger charge is 2.33. The van der Waals surface area contributed by atoms with E-state index in [1.165, 1.54) is 6.42 Å². The van der Waals surface area contributed by atoms with Crippen LogP contribution in [0.15, 0.2) is 4.99 Å². The number of hydrogen-bond acceptors (Lipinski definition) is 3. The van der Waals surface area contributed by atoms with Crippen molar-refractivity contribution >= 4 is 5.96 Å². The summed E-state index contributed by atoms with van der Waals surface area (Å²) in [5.41, 5.74) is 0.130. The molecule has 0 aromatic carbocycles. The van der Waals surface area contributed by atoms with Gasteiger partial charge >= 0.3 is 0 Å². The zero-order valence-electron chi connectivity index (χ0n) is 13.4. The van der Waals surface area contributed by atoms with Crippen molar-refractivity contribution in [3.63, 3.8) is 0 Å². The van der Waals surface area contributed by atoms with Gasteiger partial charge in [0.15, 0.2) is 5.96 Å². The van der Waals surface area contributed by atoms with Crippen molar-refractivity contribution < 1.29 is 4.74 Å². The molecule has 0 aromatic rings. The Bertz CT molecular complexity index is 343. The Morgan fingerprint density at radius 3 is 2.80 bits per heavy atom. The van der Waals surface area contributed by atoms with E-state index in [4.69, 9.17) is 9.73 Å². The molecule has 0 radical (unpaired) electrons. The third kappa shape index (κ3) is 4.35. The van der Waals surface area contributed by atoms with E-state index in [2.05, 4.69) is 43.2 Å². The molecule has 0 amide bonds. The fourth-order valence-corrected chi connectivity index (χ4v) is 2.61. The summed E-state index contributed by atoms with van der Waals surface area (Å²) in [7, 11) is 0. The van der Waals surface area contributed by atoms with Gasteiger partial charge < -0.3 is 15.4 Å². The average molecular weight is 282 g/mol. The predicted octanol–water partition coefficient (Wildman–Crippen LogP) is 1.06. The van der Waals surface area contributed by atoms with E-state index in [0.717, 1.165) is 51.3 Å². The van der Waals surface area contributed by atoms with Gasteiger partial charge in [-0.15, -0.1) is 0 Å². The summed E-state index contributed by atoms with van der Waals surface area (Å²) in [6.07, 6.45) is 1.26. The van der Waals surface area contributed by atoms with Crippen molar-refractivity contribution in [2.24, 2.45) is 10.9 Å². The monoisotopic (exact) mass is 282 g/mol. The van der Waals surface area contributed by atoms with Crippen molar-refractivity contribution in [3.8, 4) is 0 Å². The molecule has 1 aliphatic heterocycles. The van der Waals surface area contributed by atoms with Gasteiger partial charge in [0.1, 0.15) is 0 Å². The van der Waals surface area contributed by atoms with E-state index in [9.17, 15) is 0 Å². The van der Waals surface area contributed by atoms with Crippen LogP contribution >= 0.6 is 0 Å². The number of ether oxygens (including phenoxy) is 1. The molecule has 2 aliphatic rings. The maximum absolute atomic E-state index is 5.55. The smallest absolute Gasteiger partial charge is 0.191 e. The molecule has 1 aliphatic carbocycles. The molecule has 2 unspecified atom stereocenters. The summed E-state index contributed by atoms with van der Waals surface area (Å²) in [4.78, 5) is 7.18. The maximum atomic E-state index is 5.55. The lowest BCUT2D eigenvalue weighted by Gasteiger charge is -2.41. The minimum Gasteiger partial charge on any atom is -0.378 e. The van der Waals surface area contributed by atoms with Gasteiger partial charge in [-0.25, -0.2) is 0 Å². The van der Waals surface area contributed by atoms with E-state index >= 15 is 0 Å². The van der Waals surface area contributed by atoms with Crippen molar-refractivity contribution in [1.29, 1.82) is 0 Å². The standard InChI is InChI=1S/C15H30N4O/c1-5-16-14(18-13-10-12(13)2)17-6-7-19-8-9-20-11-15(19,3)4/h12-13H,5-11H2,1-4H3,(H2,16,17,18). The first-order valence-electron chi connectivity index (χ1n) is 7.90. The topological polar surface area (TPSA) is 48.9 Å². The van der Waals surface area contributed by atoms with Crippen LogP contribution in [0.1, 0.15) is 34.1 Å². The Morgan fingerprint density at radius 2 is 2.20 bits per heavy atom. The first-order chi connectivity index (χ1) is 9.53. The number of hydrogen-bond donors (Lipinski definition) is 2. The van der Waals surface area contributed by atoms with E-state index < -0.39 is 0 Å². The van der Waals surface area contributed by atoms with Crippen molar-refractivity contribution in [1.82, 2.24) is 15.5 Å². The van der Waals surface area contributed by atoms with Crippen molar-refractivity contribution in [2.45, 2.75) is 45.7 Å². The second-order valence-electron chi connectivity index (χ2n) is 6.58. The molecule has 0 aromatic heterocycles. The minimum absolute atomic E-state index is 0.130. The van der Waals surface area contributed by atoms with Crippen LogP contribution in [0.4, 0.5) is 0 Å². The first kappa shape index (κ1) is 15.6. The molecule has 116 valence electrons. The molecule has 1 heterocycles. The fourth-order valence-electron chi connectivity index (χ4n) is 2.61. The van der Waals surface area contributed by atoms with Crippen LogP contribution < -0.4 is 10.6 Å². The molecule has 1 saturated heterocycles. The lowest BCUT2D eigenvalue weighted by atomic mass is 10.0. The van der Waals surface area contributed by atoms with Gasteiger partial charge in [0, 0.05) is 31.2 Å². The van der Waals surface area contributed by atoms with Crippen molar-refractivity contribution in [3.05, 3.63) is 0 Å². The molecule has 2 atom stereocenters. The van der Waals surface area contributed by atoms with Crippen LogP contribution in [0.25, 0.3) is 0 Å². The minimum atomic E-state index is 0.130. The van der Waals surface area contributed by atoms with Gasteiger partial charge in [0.2, 0.25) is 0 Å². The van der Waals surface area contributed by atoms with Crippen LogP contribution in [0.5, 0.6) is 0 Å². The number of aliphatic imine (C=N–C) groups is 1. The largest absolute Gasteiger partial charge is 0.378 e. The highest BCUT2D eigenvalue weighted by Crippen LogP contribution is 2.28. The first-order valence-corrected chi connectivity index (χ1v) is 7.90. The predicted molar refractivity (Wildman–Crippen MR) is 83.2 cm³/mol. The number of nitrogens with one attached hydrogen (secondary N) is 2. The molecule has 0 spiro atoms. The van der Waals surface area contributed by atoms with Gasteiger partial charge in [-0.2, -0.15) is 0 Å². The van der Waals surface area contributed by atoms with Crippen LogP contribution in [-0.4, -0.2) is 61.8 Å². The summed E-state index contributed by atoms with van der Waals surface area (Å²) in [6.45, 7) is 14.3. The van der Waals surface area contributed by atoms with Gasteiger partial charge in [-0.05, 0) is 33.1 Å². The average Bonchev–Trinajstić information content (AvgIpc) is 3.07. The SMILES string of the molecule is CCNC(=NCCN1CCOCC1(C)C)NC1CC1C. The molecule has 5 nitrogen and oxygen atoms in total. The van der Waals surface area contributed by atoms with E-state index in [0.29, 0.717) is 6.04 Å². The Morgan fingerprint density at radius 1 is 1.45 bits per heavy atom. The molecular formula is C15H30N4O. The molecule has 0 bridgehead atoms. The zero-order chi connectivity index (χ0) is 14.6. The van der Waals surface area contributed by atoms with Gasteiger partial charge in [0.05, 0.1) is 19.8 Å². The van der Waals surface area contributed by atoms with Crippen LogP contribution in [0.3, 0.4) is 0 Å². The number of guanidine groups is 1. The maximum Gasteiger partial charge on any atom is 0.191 e. The Labute approximate surface area is 123 Å². The molecule has 5 heteroatoms. The lowest BCUT2D eigenvalue weighted by molar-refractivity contribution is -0.0491. The summed E-state index contributed by atoms with van der Waals surface area (Å²) < 4.78 is 5.55. The van der Waals surface area contributed by atoms with E-state index in [-0.39, 0.29) is 5.54 Å².